The third-order valence-electron chi connectivity index (χ3n) is 6.94. The lowest BCUT2D eigenvalue weighted by Crippen LogP contribution is -2.49. The van der Waals surface area contributed by atoms with Crippen LogP contribution < -0.4 is 5.32 Å². The summed E-state index contributed by atoms with van der Waals surface area (Å²) in [6, 6.07) is 6.81. The molecule has 1 heterocycles. The summed E-state index contributed by atoms with van der Waals surface area (Å²) in [6.45, 7) is 0. The molecule has 2 aromatic rings. The number of aromatic nitrogens is 3. The number of methoxy groups -OCH3 is 1. The van der Waals surface area contributed by atoms with Gasteiger partial charge in [0.1, 0.15) is 5.82 Å². The Balaban J connectivity index is 1.22. The Bertz CT molecular complexity index is 938. The lowest BCUT2D eigenvalue weighted by atomic mass is 9.49. The number of ether oxygens (including phenoxy) is 1. The highest BCUT2D eigenvalue weighted by atomic mass is 32.2. The number of rotatable bonds is 6. The van der Waals surface area contributed by atoms with Crippen molar-refractivity contribution in [3.63, 3.8) is 0 Å². The maximum Gasteiger partial charge on any atom is 0.339 e. The molecule has 158 valence electrons. The zero-order chi connectivity index (χ0) is 20.7. The number of nitrogens with zero attached hydrogens (tertiary/aromatic N) is 2. The van der Waals surface area contributed by atoms with Gasteiger partial charge in [-0.25, -0.2) is 9.78 Å². The first-order chi connectivity index (χ1) is 14.5. The standard InChI is InChI=1S/C22H26N4O3S/c1-29-19(28)16-4-2-3-5-17(16)23-18(27)12-30-21-24-20(25-26-21)22-9-13-6-14(10-22)8-15(7-13)11-22/h2-5,13-15H,6-12H2,1H3,(H,23,27)(H,24,25,26). The molecular weight excluding hydrogens is 400 g/mol. The summed E-state index contributed by atoms with van der Waals surface area (Å²) < 4.78 is 4.77. The normalized spacial score (nSPS) is 29.0. The van der Waals surface area contributed by atoms with Gasteiger partial charge in [0, 0.05) is 5.41 Å². The Morgan fingerprint density at radius 1 is 1.17 bits per heavy atom. The molecule has 0 unspecified atom stereocenters. The monoisotopic (exact) mass is 426 g/mol. The molecule has 4 saturated carbocycles. The number of thioether (sulfide) groups is 1. The Hall–Kier alpha value is -2.35. The van der Waals surface area contributed by atoms with Crippen molar-refractivity contribution in [3.05, 3.63) is 35.7 Å². The van der Waals surface area contributed by atoms with Crippen LogP contribution in [0.3, 0.4) is 0 Å². The second-order valence-electron chi connectivity index (χ2n) is 9.04. The molecule has 30 heavy (non-hydrogen) atoms. The fraction of sp³-hybridized carbons (Fsp3) is 0.545. The summed E-state index contributed by atoms with van der Waals surface area (Å²) in [4.78, 5) is 29.1. The number of H-pyrrole nitrogens is 1. The van der Waals surface area contributed by atoms with E-state index in [0.29, 0.717) is 16.4 Å². The predicted molar refractivity (Wildman–Crippen MR) is 113 cm³/mol. The van der Waals surface area contributed by atoms with Crippen molar-refractivity contribution < 1.29 is 14.3 Å². The van der Waals surface area contributed by atoms with Gasteiger partial charge in [0.2, 0.25) is 11.1 Å². The molecule has 4 bridgehead atoms. The number of carbonyl (C=O) groups is 2. The fourth-order valence-corrected chi connectivity index (χ4v) is 6.74. The summed E-state index contributed by atoms with van der Waals surface area (Å²) in [5.41, 5.74) is 0.946. The van der Waals surface area contributed by atoms with E-state index in [1.807, 2.05) is 0 Å². The number of para-hydroxylation sites is 1. The predicted octanol–water partition coefficient (Wildman–Crippen LogP) is 3.79. The van der Waals surface area contributed by atoms with E-state index in [1.54, 1.807) is 24.3 Å². The maximum absolute atomic E-state index is 12.4. The molecule has 0 atom stereocenters. The first-order valence-corrected chi connectivity index (χ1v) is 11.6. The number of amides is 1. The SMILES string of the molecule is COC(=O)c1ccccc1NC(=O)CSc1n[nH]c(C23CC4CC(CC(C4)C2)C3)n1. The van der Waals surface area contributed by atoms with Gasteiger partial charge in [-0.1, -0.05) is 23.9 Å². The quantitative estimate of drug-likeness (QED) is 0.539. The van der Waals surface area contributed by atoms with Crippen LogP contribution in [0.4, 0.5) is 5.69 Å². The Labute approximate surface area is 179 Å². The van der Waals surface area contributed by atoms with E-state index in [2.05, 4.69) is 15.5 Å². The molecule has 1 amide bonds. The zero-order valence-corrected chi connectivity index (χ0v) is 17.8. The van der Waals surface area contributed by atoms with Crippen LogP contribution in [0.15, 0.2) is 29.4 Å². The smallest absolute Gasteiger partial charge is 0.339 e. The Morgan fingerprint density at radius 3 is 2.50 bits per heavy atom. The molecule has 4 fully saturated rings. The third kappa shape index (κ3) is 3.62. The number of nitrogens with one attached hydrogen (secondary N) is 2. The molecule has 0 spiro atoms. The van der Waals surface area contributed by atoms with Gasteiger partial charge in [0.05, 0.1) is 24.1 Å². The van der Waals surface area contributed by atoms with E-state index in [1.165, 1.54) is 57.4 Å². The van der Waals surface area contributed by atoms with E-state index < -0.39 is 5.97 Å². The lowest BCUT2D eigenvalue weighted by Gasteiger charge is -2.55. The minimum Gasteiger partial charge on any atom is -0.465 e. The molecule has 1 aromatic carbocycles. The van der Waals surface area contributed by atoms with Crippen LogP contribution in [0.5, 0.6) is 0 Å². The van der Waals surface area contributed by atoms with Gasteiger partial charge in [-0.05, 0) is 68.4 Å². The summed E-state index contributed by atoms with van der Waals surface area (Å²) in [6.07, 6.45) is 7.85. The van der Waals surface area contributed by atoms with Crippen molar-refractivity contribution >= 4 is 29.3 Å². The number of anilines is 1. The van der Waals surface area contributed by atoms with Crippen LogP contribution in [0, 0.1) is 17.8 Å². The molecule has 4 aliphatic rings. The largest absolute Gasteiger partial charge is 0.465 e. The van der Waals surface area contributed by atoms with Gasteiger partial charge >= 0.3 is 5.97 Å². The Kier molecular flexibility index (Phi) is 5.05. The highest BCUT2D eigenvalue weighted by Crippen LogP contribution is 2.60. The number of esters is 1. The number of aromatic amines is 1. The fourth-order valence-electron chi connectivity index (χ4n) is 6.15. The lowest BCUT2D eigenvalue weighted by molar-refractivity contribution is -0.113. The topological polar surface area (TPSA) is 97.0 Å². The third-order valence-corrected chi connectivity index (χ3v) is 7.79. The van der Waals surface area contributed by atoms with Crippen LogP contribution in [-0.2, 0) is 14.9 Å². The van der Waals surface area contributed by atoms with Crippen molar-refractivity contribution in [3.8, 4) is 0 Å². The van der Waals surface area contributed by atoms with E-state index in [4.69, 9.17) is 9.72 Å². The summed E-state index contributed by atoms with van der Waals surface area (Å²) in [5, 5.41) is 11.0. The van der Waals surface area contributed by atoms with Crippen molar-refractivity contribution in [2.75, 3.05) is 18.2 Å². The number of hydrogen-bond donors (Lipinski definition) is 2. The van der Waals surface area contributed by atoms with Crippen LogP contribution in [0.25, 0.3) is 0 Å². The van der Waals surface area contributed by atoms with E-state index >= 15 is 0 Å². The molecule has 4 aliphatic carbocycles. The highest BCUT2D eigenvalue weighted by Gasteiger charge is 2.53. The van der Waals surface area contributed by atoms with Crippen LogP contribution in [0.1, 0.15) is 54.7 Å². The summed E-state index contributed by atoms with van der Waals surface area (Å²) in [5.74, 6) is 3.04. The van der Waals surface area contributed by atoms with Gasteiger partial charge < -0.3 is 10.1 Å². The molecular formula is C22H26N4O3S. The van der Waals surface area contributed by atoms with E-state index in [9.17, 15) is 9.59 Å². The second kappa shape index (κ2) is 7.72. The number of hydrogen-bond acceptors (Lipinski definition) is 6. The van der Waals surface area contributed by atoms with Gasteiger partial charge in [-0.3, -0.25) is 9.89 Å². The van der Waals surface area contributed by atoms with E-state index in [0.717, 1.165) is 23.6 Å². The first-order valence-electron chi connectivity index (χ1n) is 10.6. The highest BCUT2D eigenvalue weighted by molar-refractivity contribution is 7.99. The van der Waals surface area contributed by atoms with Gasteiger partial charge in [-0.2, -0.15) is 0 Å². The number of benzene rings is 1. The molecule has 8 heteroatoms. The average Bonchev–Trinajstić information content (AvgIpc) is 3.21. The van der Waals surface area contributed by atoms with Crippen LogP contribution in [0.2, 0.25) is 0 Å². The van der Waals surface area contributed by atoms with E-state index in [-0.39, 0.29) is 17.1 Å². The van der Waals surface area contributed by atoms with Crippen LogP contribution >= 0.6 is 11.8 Å². The van der Waals surface area contributed by atoms with Gasteiger partial charge in [0.25, 0.3) is 0 Å². The summed E-state index contributed by atoms with van der Waals surface area (Å²) >= 11 is 1.31. The van der Waals surface area contributed by atoms with Gasteiger partial charge in [0.15, 0.2) is 0 Å². The molecule has 7 nitrogen and oxygen atoms in total. The zero-order valence-electron chi connectivity index (χ0n) is 17.0. The molecule has 0 saturated heterocycles. The second-order valence-corrected chi connectivity index (χ2v) is 9.98. The van der Waals surface area contributed by atoms with Crippen molar-refractivity contribution in [2.24, 2.45) is 17.8 Å². The molecule has 6 rings (SSSR count). The summed E-state index contributed by atoms with van der Waals surface area (Å²) in [7, 11) is 1.32. The first kappa shape index (κ1) is 19.6. The molecule has 0 aliphatic heterocycles. The van der Waals surface area contributed by atoms with Crippen molar-refractivity contribution in [1.29, 1.82) is 0 Å². The minimum atomic E-state index is -0.479. The van der Waals surface area contributed by atoms with Crippen molar-refractivity contribution in [2.45, 2.75) is 49.1 Å². The van der Waals surface area contributed by atoms with Crippen LogP contribution in [-0.4, -0.2) is 39.9 Å². The average molecular weight is 427 g/mol. The molecule has 0 radical (unpaired) electrons. The van der Waals surface area contributed by atoms with Gasteiger partial charge in [-0.15, -0.1) is 5.10 Å². The minimum absolute atomic E-state index is 0.169. The van der Waals surface area contributed by atoms with Crippen molar-refractivity contribution in [1.82, 2.24) is 15.2 Å². The maximum atomic E-state index is 12.4. The Morgan fingerprint density at radius 2 is 1.83 bits per heavy atom. The molecule has 2 N–H and O–H groups in total. The number of carbonyl (C=O) groups excluding carboxylic acids is 2. The molecule has 1 aromatic heterocycles.